The monoisotopic (exact) mass is 297 g/mol. The lowest BCUT2D eigenvalue weighted by atomic mass is 10.2. The lowest BCUT2D eigenvalue weighted by Crippen LogP contribution is -2.36. The van der Waals surface area contributed by atoms with Gasteiger partial charge < -0.3 is 10.2 Å². The van der Waals surface area contributed by atoms with E-state index >= 15 is 0 Å². The van der Waals surface area contributed by atoms with Crippen molar-refractivity contribution >= 4 is 17.5 Å². The Morgan fingerprint density at radius 3 is 2.64 bits per heavy atom. The molecule has 0 atom stereocenters. The summed E-state index contributed by atoms with van der Waals surface area (Å²) in [6, 6.07) is 13.0. The molecule has 0 aliphatic carbocycles. The highest BCUT2D eigenvalue weighted by Gasteiger charge is 2.14. The van der Waals surface area contributed by atoms with Crippen LogP contribution < -0.4 is 5.32 Å². The molecule has 0 radical (unpaired) electrons. The first-order valence-electron chi connectivity index (χ1n) is 7.06. The average Bonchev–Trinajstić information content (AvgIpc) is 2.47. The van der Waals surface area contributed by atoms with Crippen LogP contribution in [0.5, 0.6) is 0 Å². The van der Waals surface area contributed by atoms with Gasteiger partial charge in [-0.15, -0.1) is 0 Å². The standard InChI is InChI=1S/C17H19N3O2/c1-13-6-5-8-15(10-13)19-17(22)12-20(14(2)21)11-16-7-3-4-9-18-16/h3-10H,11-12H2,1-2H3,(H,19,22). The molecule has 1 aromatic heterocycles. The van der Waals surface area contributed by atoms with Gasteiger partial charge in [0.2, 0.25) is 11.8 Å². The summed E-state index contributed by atoms with van der Waals surface area (Å²) in [6.07, 6.45) is 1.67. The molecule has 0 spiro atoms. The molecule has 0 saturated heterocycles. The number of benzene rings is 1. The van der Waals surface area contributed by atoms with Crippen molar-refractivity contribution in [3.8, 4) is 0 Å². The van der Waals surface area contributed by atoms with Crippen molar-refractivity contribution in [2.24, 2.45) is 0 Å². The molecular weight excluding hydrogens is 278 g/mol. The zero-order chi connectivity index (χ0) is 15.9. The Labute approximate surface area is 130 Å². The maximum atomic E-state index is 12.1. The first-order valence-corrected chi connectivity index (χ1v) is 7.06. The third-order valence-corrected chi connectivity index (χ3v) is 3.16. The summed E-state index contributed by atoms with van der Waals surface area (Å²) in [7, 11) is 0. The summed E-state index contributed by atoms with van der Waals surface area (Å²) in [5.41, 5.74) is 2.54. The number of pyridine rings is 1. The van der Waals surface area contributed by atoms with Crippen molar-refractivity contribution in [2.45, 2.75) is 20.4 Å². The van der Waals surface area contributed by atoms with Crippen molar-refractivity contribution in [3.63, 3.8) is 0 Å². The highest BCUT2D eigenvalue weighted by atomic mass is 16.2. The summed E-state index contributed by atoms with van der Waals surface area (Å²) in [5.74, 6) is -0.387. The van der Waals surface area contributed by atoms with Crippen molar-refractivity contribution in [1.82, 2.24) is 9.88 Å². The van der Waals surface area contributed by atoms with Gasteiger partial charge >= 0.3 is 0 Å². The summed E-state index contributed by atoms with van der Waals surface area (Å²) < 4.78 is 0. The molecule has 0 saturated carbocycles. The lowest BCUT2D eigenvalue weighted by molar-refractivity contribution is -0.133. The maximum Gasteiger partial charge on any atom is 0.244 e. The molecule has 0 fully saturated rings. The molecule has 0 aliphatic rings. The predicted molar refractivity (Wildman–Crippen MR) is 85.1 cm³/mol. The molecule has 0 bridgehead atoms. The molecule has 0 unspecified atom stereocenters. The minimum absolute atomic E-state index is 0.000149. The minimum atomic E-state index is -0.225. The SMILES string of the molecule is CC(=O)N(CC(=O)Nc1cccc(C)c1)Cc1ccccn1. The topological polar surface area (TPSA) is 62.3 Å². The molecule has 1 aromatic carbocycles. The van der Waals surface area contributed by atoms with Gasteiger partial charge in [0.15, 0.2) is 0 Å². The van der Waals surface area contributed by atoms with Crippen LogP contribution in [0.2, 0.25) is 0 Å². The van der Waals surface area contributed by atoms with Crippen LogP contribution in [-0.2, 0) is 16.1 Å². The van der Waals surface area contributed by atoms with Crippen LogP contribution in [-0.4, -0.2) is 28.2 Å². The summed E-state index contributed by atoms with van der Waals surface area (Å²) in [4.78, 5) is 29.5. The molecule has 5 heteroatoms. The largest absolute Gasteiger partial charge is 0.328 e. The van der Waals surface area contributed by atoms with Crippen molar-refractivity contribution in [1.29, 1.82) is 0 Å². The quantitative estimate of drug-likeness (QED) is 0.921. The van der Waals surface area contributed by atoms with E-state index in [1.54, 1.807) is 6.20 Å². The number of anilines is 1. The number of nitrogens with zero attached hydrogens (tertiary/aromatic N) is 2. The molecule has 2 aromatic rings. The third kappa shape index (κ3) is 4.70. The van der Waals surface area contributed by atoms with Gasteiger partial charge in [0.25, 0.3) is 0 Å². The molecule has 0 aliphatic heterocycles. The highest BCUT2D eigenvalue weighted by molar-refractivity contribution is 5.94. The zero-order valence-electron chi connectivity index (χ0n) is 12.7. The van der Waals surface area contributed by atoms with Crippen LogP contribution in [0.15, 0.2) is 48.7 Å². The number of rotatable bonds is 5. The number of aromatic nitrogens is 1. The number of amides is 2. The van der Waals surface area contributed by atoms with Gasteiger partial charge in [-0.3, -0.25) is 14.6 Å². The average molecular weight is 297 g/mol. The number of hydrogen-bond acceptors (Lipinski definition) is 3. The normalized spacial score (nSPS) is 10.1. The van der Waals surface area contributed by atoms with Crippen LogP contribution in [0, 0.1) is 6.92 Å². The van der Waals surface area contributed by atoms with Gasteiger partial charge in [-0.05, 0) is 36.8 Å². The van der Waals surface area contributed by atoms with Gasteiger partial charge in [0, 0.05) is 18.8 Å². The molecule has 2 amide bonds. The first-order chi connectivity index (χ1) is 10.5. The Balaban J connectivity index is 1.98. The molecule has 1 N–H and O–H groups in total. The Morgan fingerprint density at radius 2 is 2.00 bits per heavy atom. The first kappa shape index (κ1) is 15.7. The van der Waals surface area contributed by atoms with Crippen molar-refractivity contribution < 1.29 is 9.59 Å². The van der Waals surface area contributed by atoms with Gasteiger partial charge in [0.1, 0.15) is 6.54 Å². The number of aryl methyl sites for hydroxylation is 1. The summed E-state index contributed by atoms with van der Waals surface area (Å²) in [6.45, 7) is 3.72. The number of hydrogen-bond donors (Lipinski definition) is 1. The lowest BCUT2D eigenvalue weighted by Gasteiger charge is -2.20. The highest BCUT2D eigenvalue weighted by Crippen LogP contribution is 2.10. The van der Waals surface area contributed by atoms with Gasteiger partial charge in [0.05, 0.1) is 12.2 Å². The molecular formula is C17H19N3O2. The second-order valence-corrected chi connectivity index (χ2v) is 5.11. The number of carbonyl (C=O) groups is 2. The number of carbonyl (C=O) groups excluding carboxylic acids is 2. The number of nitrogens with one attached hydrogen (secondary N) is 1. The fourth-order valence-electron chi connectivity index (χ4n) is 2.06. The van der Waals surface area contributed by atoms with E-state index in [1.165, 1.54) is 11.8 Å². The van der Waals surface area contributed by atoms with Gasteiger partial charge in [-0.1, -0.05) is 18.2 Å². The fraction of sp³-hybridized carbons (Fsp3) is 0.235. The van der Waals surface area contributed by atoms with Crippen LogP contribution >= 0.6 is 0 Å². The molecule has 114 valence electrons. The van der Waals surface area contributed by atoms with Crippen LogP contribution in [0.4, 0.5) is 5.69 Å². The van der Waals surface area contributed by atoms with Crippen molar-refractivity contribution in [2.75, 3.05) is 11.9 Å². The Kier molecular flexibility index (Phi) is 5.25. The third-order valence-electron chi connectivity index (χ3n) is 3.16. The van der Waals surface area contributed by atoms with E-state index in [-0.39, 0.29) is 18.4 Å². The second kappa shape index (κ2) is 7.36. The Morgan fingerprint density at radius 1 is 1.18 bits per heavy atom. The van der Waals surface area contributed by atoms with E-state index in [2.05, 4.69) is 10.3 Å². The van der Waals surface area contributed by atoms with Gasteiger partial charge in [-0.25, -0.2) is 0 Å². The predicted octanol–water partition coefficient (Wildman–Crippen LogP) is 2.38. The van der Waals surface area contributed by atoms with E-state index in [0.29, 0.717) is 6.54 Å². The molecule has 5 nitrogen and oxygen atoms in total. The van der Waals surface area contributed by atoms with Crippen LogP contribution in [0.3, 0.4) is 0 Å². The fourth-order valence-corrected chi connectivity index (χ4v) is 2.06. The van der Waals surface area contributed by atoms with Gasteiger partial charge in [-0.2, -0.15) is 0 Å². The Bertz CT molecular complexity index is 656. The molecule has 22 heavy (non-hydrogen) atoms. The Hall–Kier alpha value is -2.69. The molecule has 1 heterocycles. The zero-order valence-corrected chi connectivity index (χ0v) is 12.7. The van der Waals surface area contributed by atoms with Crippen LogP contribution in [0.25, 0.3) is 0 Å². The molecule has 2 rings (SSSR count). The van der Waals surface area contributed by atoms with E-state index in [1.807, 2.05) is 49.4 Å². The van der Waals surface area contributed by atoms with E-state index < -0.39 is 0 Å². The second-order valence-electron chi connectivity index (χ2n) is 5.11. The van der Waals surface area contributed by atoms with E-state index in [0.717, 1.165) is 16.9 Å². The van der Waals surface area contributed by atoms with Crippen LogP contribution in [0.1, 0.15) is 18.2 Å². The summed E-state index contributed by atoms with van der Waals surface area (Å²) in [5, 5.41) is 2.80. The van der Waals surface area contributed by atoms with Crippen molar-refractivity contribution in [3.05, 3.63) is 59.9 Å². The smallest absolute Gasteiger partial charge is 0.244 e. The summed E-state index contributed by atoms with van der Waals surface area (Å²) >= 11 is 0. The van der Waals surface area contributed by atoms with E-state index in [9.17, 15) is 9.59 Å². The van der Waals surface area contributed by atoms with E-state index in [4.69, 9.17) is 0 Å². The maximum absolute atomic E-state index is 12.1. The minimum Gasteiger partial charge on any atom is -0.328 e.